The molecule has 0 saturated carbocycles. The Morgan fingerprint density at radius 3 is 2.65 bits per heavy atom. The maximum atomic E-state index is 12.4. The summed E-state index contributed by atoms with van der Waals surface area (Å²) in [5, 5.41) is 6.98. The van der Waals surface area contributed by atoms with Gasteiger partial charge in [0.2, 0.25) is 5.91 Å². The summed E-state index contributed by atoms with van der Waals surface area (Å²) in [7, 11) is 1.82. The Labute approximate surface area is 155 Å². The second-order valence-electron chi connectivity index (χ2n) is 5.59. The fraction of sp³-hybridized carbons (Fsp3) is 0.438. The van der Waals surface area contributed by atoms with Gasteiger partial charge in [0, 0.05) is 13.2 Å². The average Bonchev–Trinajstić information content (AvgIpc) is 2.81. The number of aromatic nitrogens is 4. The van der Waals surface area contributed by atoms with Crippen LogP contribution in [-0.4, -0.2) is 43.5 Å². The number of aryl methyl sites for hydroxylation is 2. The van der Waals surface area contributed by atoms with Gasteiger partial charge in [0.15, 0.2) is 5.16 Å². The summed E-state index contributed by atoms with van der Waals surface area (Å²) in [4.78, 5) is 32.3. The molecule has 2 rings (SSSR count). The molecule has 0 aromatic carbocycles. The van der Waals surface area contributed by atoms with Gasteiger partial charge in [0.05, 0.1) is 28.9 Å². The molecule has 9 nitrogen and oxygen atoms in total. The summed E-state index contributed by atoms with van der Waals surface area (Å²) >= 11 is 1.14. The van der Waals surface area contributed by atoms with Crippen molar-refractivity contribution in [1.82, 2.24) is 19.7 Å². The molecule has 10 heteroatoms. The molecule has 0 unspecified atom stereocenters. The van der Waals surface area contributed by atoms with Crippen molar-refractivity contribution in [3.8, 4) is 0 Å². The lowest BCUT2D eigenvalue weighted by molar-refractivity contribution is -0.115. The monoisotopic (exact) mass is 378 g/mol. The highest BCUT2D eigenvalue weighted by Gasteiger charge is 2.21. The topological polar surface area (TPSA) is 125 Å². The number of nitrogens with two attached hydrogens (primary N) is 1. The van der Waals surface area contributed by atoms with Gasteiger partial charge in [-0.3, -0.25) is 9.48 Å². The van der Waals surface area contributed by atoms with Gasteiger partial charge in [-0.05, 0) is 27.7 Å². The SMILES string of the molecule is CCOC(=O)c1cnc(S[C@@H](C)C(=O)Nc2c(C)nn(C)c2C)nc1N. The minimum absolute atomic E-state index is 0.0208. The van der Waals surface area contributed by atoms with Crippen LogP contribution in [0.1, 0.15) is 35.6 Å². The van der Waals surface area contributed by atoms with Crippen LogP contribution in [0, 0.1) is 13.8 Å². The van der Waals surface area contributed by atoms with Crippen molar-refractivity contribution in [2.24, 2.45) is 7.05 Å². The van der Waals surface area contributed by atoms with Crippen LogP contribution in [-0.2, 0) is 16.6 Å². The van der Waals surface area contributed by atoms with E-state index in [-0.39, 0.29) is 23.9 Å². The summed E-state index contributed by atoms with van der Waals surface area (Å²) in [5.74, 6) is -0.756. The van der Waals surface area contributed by atoms with Crippen LogP contribution in [0.3, 0.4) is 0 Å². The first-order chi connectivity index (χ1) is 12.2. The second kappa shape index (κ2) is 8.17. The van der Waals surface area contributed by atoms with Gasteiger partial charge in [-0.2, -0.15) is 5.10 Å². The van der Waals surface area contributed by atoms with Crippen molar-refractivity contribution in [2.75, 3.05) is 17.7 Å². The fourth-order valence-corrected chi connectivity index (χ4v) is 2.94. The molecule has 0 bridgehead atoms. The first-order valence-corrected chi connectivity index (χ1v) is 8.89. The van der Waals surface area contributed by atoms with E-state index in [1.165, 1.54) is 6.20 Å². The molecule has 0 aliphatic carbocycles. The number of nitrogens with zero attached hydrogens (tertiary/aromatic N) is 4. The maximum Gasteiger partial charge on any atom is 0.343 e. The van der Waals surface area contributed by atoms with E-state index in [0.29, 0.717) is 10.8 Å². The van der Waals surface area contributed by atoms with E-state index in [9.17, 15) is 9.59 Å². The molecule has 0 aliphatic heterocycles. The van der Waals surface area contributed by atoms with E-state index in [1.807, 2.05) is 20.9 Å². The molecule has 1 amide bonds. The molecule has 0 radical (unpaired) electrons. The van der Waals surface area contributed by atoms with Crippen LogP contribution >= 0.6 is 11.8 Å². The van der Waals surface area contributed by atoms with Crippen molar-refractivity contribution in [1.29, 1.82) is 0 Å². The van der Waals surface area contributed by atoms with Gasteiger partial charge in [-0.25, -0.2) is 14.8 Å². The Kier molecular flexibility index (Phi) is 6.19. The Balaban J connectivity index is 2.07. The zero-order valence-electron chi connectivity index (χ0n) is 15.4. The average molecular weight is 378 g/mol. The van der Waals surface area contributed by atoms with Crippen LogP contribution < -0.4 is 11.1 Å². The van der Waals surface area contributed by atoms with Gasteiger partial charge >= 0.3 is 5.97 Å². The number of carbonyl (C=O) groups is 2. The largest absolute Gasteiger partial charge is 0.462 e. The Bertz CT molecular complexity index is 836. The third-order valence-corrected chi connectivity index (χ3v) is 4.68. The number of amides is 1. The van der Waals surface area contributed by atoms with Crippen molar-refractivity contribution < 1.29 is 14.3 Å². The van der Waals surface area contributed by atoms with E-state index in [2.05, 4.69) is 20.4 Å². The molecule has 0 aliphatic rings. The summed E-state index contributed by atoms with van der Waals surface area (Å²) in [6.07, 6.45) is 1.31. The Hall–Kier alpha value is -2.62. The van der Waals surface area contributed by atoms with E-state index < -0.39 is 11.2 Å². The Morgan fingerprint density at radius 2 is 2.12 bits per heavy atom. The van der Waals surface area contributed by atoms with Crippen LogP contribution in [0.5, 0.6) is 0 Å². The highest BCUT2D eigenvalue weighted by molar-refractivity contribution is 8.00. The summed E-state index contributed by atoms with van der Waals surface area (Å²) in [6.45, 7) is 7.38. The summed E-state index contributed by atoms with van der Waals surface area (Å²) in [5.41, 5.74) is 8.21. The zero-order valence-corrected chi connectivity index (χ0v) is 16.2. The fourth-order valence-electron chi connectivity index (χ4n) is 2.19. The Morgan fingerprint density at radius 1 is 1.42 bits per heavy atom. The number of hydrogen-bond donors (Lipinski definition) is 2. The second-order valence-corrected chi connectivity index (χ2v) is 6.90. The molecule has 0 spiro atoms. The lowest BCUT2D eigenvalue weighted by Crippen LogP contribution is -2.23. The number of carbonyl (C=O) groups excluding carboxylic acids is 2. The summed E-state index contributed by atoms with van der Waals surface area (Å²) in [6, 6.07) is 0. The lowest BCUT2D eigenvalue weighted by atomic mass is 10.3. The van der Waals surface area contributed by atoms with Gasteiger partial charge < -0.3 is 15.8 Å². The van der Waals surface area contributed by atoms with E-state index in [1.54, 1.807) is 18.5 Å². The highest BCUT2D eigenvalue weighted by atomic mass is 32.2. The molecule has 0 fully saturated rings. The van der Waals surface area contributed by atoms with Gasteiger partial charge in [0.1, 0.15) is 11.4 Å². The highest BCUT2D eigenvalue weighted by Crippen LogP contribution is 2.24. The number of esters is 1. The van der Waals surface area contributed by atoms with E-state index in [0.717, 1.165) is 23.1 Å². The quantitative estimate of drug-likeness (QED) is 0.442. The first-order valence-electron chi connectivity index (χ1n) is 8.01. The van der Waals surface area contributed by atoms with Gasteiger partial charge in [-0.1, -0.05) is 11.8 Å². The van der Waals surface area contributed by atoms with Gasteiger partial charge in [0.25, 0.3) is 0 Å². The predicted molar refractivity (Wildman–Crippen MR) is 99.0 cm³/mol. The maximum absolute atomic E-state index is 12.4. The molecule has 0 saturated heterocycles. The minimum atomic E-state index is -0.574. The normalized spacial score (nSPS) is 11.9. The van der Waals surface area contributed by atoms with Crippen molar-refractivity contribution in [2.45, 2.75) is 38.1 Å². The number of hydrogen-bond acceptors (Lipinski definition) is 8. The predicted octanol–water partition coefficient (Wildman–Crippen LogP) is 1.71. The lowest BCUT2D eigenvalue weighted by Gasteiger charge is -2.12. The van der Waals surface area contributed by atoms with Crippen molar-refractivity contribution >= 4 is 35.1 Å². The molecular weight excluding hydrogens is 356 g/mol. The molecular formula is C16H22N6O3S. The third-order valence-electron chi connectivity index (χ3n) is 3.70. The van der Waals surface area contributed by atoms with Crippen LogP contribution in [0.4, 0.5) is 11.5 Å². The van der Waals surface area contributed by atoms with E-state index in [4.69, 9.17) is 10.5 Å². The molecule has 2 aromatic heterocycles. The number of anilines is 2. The first kappa shape index (κ1) is 19.7. The number of nitrogens with one attached hydrogen (secondary N) is 1. The number of thioether (sulfide) groups is 1. The number of rotatable bonds is 6. The zero-order chi connectivity index (χ0) is 19.4. The van der Waals surface area contributed by atoms with Gasteiger partial charge in [-0.15, -0.1) is 0 Å². The minimum Gasteiger partial charge on any atom is -0.462 e. The molecule has 2 heterocycles. The summed E-state index contributed by atoms with van der Waals surface area (Å²) < 4.78 is 6.59. The molecule has 140 valence electrons. The van der Waals surface area contributed by atoms with E-state index >= 15 is 0 Å². The smallest absolute Gasteiger partial charge is 0.343 e. The number of nitrogen functional groups attached to an aromatic ring is 1. The molecule has 2 aromatic rings. The third kappa shape index (κ3) is 4.31. The van der Waals surface area contributed by atoms with Crippen LogP contribution in [0.15, 0.2) is 11.4 Å². The van der Waals surface area contributed by atoms with Crippen LogP contribution in [0.2, 0.25) is 0 Å². The standard InChI is InChI=1S/C16H22N6O3S/c1-6-25-15(24)11-7-18-16(20-13(11)17)26-10(4)14(23)19-12-8(2)21-22(5)9(12)3/h7,10H,6H2,1-5H3,(H,19,23)(H2,17,18,20)/t10-/m0/s1. The molecule has 1 atom stereocenters. The van der Waals surface area contributed by atoms with Crippen molar-refractivity contribution in [3.05, 3.63) is 23.1 Å². The molecule has 3 N–H and O–H groups in total. The van der Waals surface area contributed by atoms with Crippen LogP contribution in [0.25, 0.3) is 0 Å². The molecule has 26 heavy (non-hydrogen) atoms. The van der Waals surface area contributed by atoms with Crippen molar-refractivity contribution in [3.63, 3.8) is 0 Å². The number of ether oxygens (including phenoxy) is 1.